The molecule has 4 rings (SSSR count). The molecule has 0 spiro atoms. The zero-order valence-electron chi connectivity index (χ0n) is 19.9. The first-order valence-corrected chi connectivity index (χ1v) is 11.2. The molecule has 7 nitrogen and oxygen atoms in total. The second-order valence-corrected chi connectivity index (χ2v) is 10.3. The third-order valence-corrected chi connectivity index (χ3v) is 6.07. The van der Waals surface area contributed by atoms with Crippen LogP contribution in [0.25, 0.3) is 11.1 Å². The SMILES string of the molecule is CC(C)(C)OC(=O)N1CCN(Cc2cc(F)cc(-c3ccnc4c3C(C)(C)C(=O)N4)c2)CC1. The molecule has 2 aliphatic heterocycles. The maximum atomic E-state index is 14.6. The molecule has 0 unspecified atom stereocenters. The highest BCUT2D eigenvalue weighted by Gasteiger charge is 2.41. The predicted molar refractivity (Wildman–Crippen MR) is 124 cm³/mol. The van der Waals surface area contributed by atoms with Crippen LogP contribution in [0.1, 0.15) is 45.7 Å². The summed E-state index contributed by atoms with van der Waals surface area (Å²) in [5.41, 5.74) is 1.89. The fourth-order valence-electron chi connectivity index (χ4n) is 4.38. The number of hydrogen-bond acceptors (Lipinski definition) is 5. The van der Waals surface area contributed by atoms with Crippen LogP contribution < -0.4 is 5.32 Å². The average molecular weight is 455 g/mol. The zero-order chi connectivity index (χ0) is 24.0. The van der Waals surface area contributed by atoms with Gasteiger partial charge in [-0.15, -0.1) is 0 Å². The van der Waals surface area contributed by atoms with Crippen molar-refractivity contribution in [2.45, 2.75) is 52.2 Å². The van der Waals surface area contributed by atoms with E-state index in [2.05, 4.69) is 15.2 Å². The van der Waals surface area contributed by atoms with Crippen molar-refractivity contribution < 1.29 is 18.7 Å². The van der Waals surface area contributed by atoms with Gasteiger partial charge in [-0.05, 0) is 75.6 Å². The molecule has 8 heteroatoms. The molecule has 2 aliphatic rings. The molecule has 2 aromatic rings. The molecule has 3 heterocycles. The van der Waals surface area contributed by atoms with Gasteiger partial charge < -0.3 is 15.0 Å². The fourth-order valence-corrected chi connectivity index (χ4v) is 4.38. The number of nitrogens with zero attached hydrogens (tertiary/aromatic N) is 3. The number of carbonyl (C=O) groups is 2. The third-order valence-electron chi connectivity index (χ3n) is 6.07. The Labute approximate surface area is 193 Å². The number of carbonyl (C=O) groups excluding carboxylic acids is 2. The minimum atomic E-state index is -0.747. The van der Waals surface area contributed by atoms with Gasteiger partial charge in [0.25, 0.3) is 0 Å². The van der Waals surface area contributed by atoms with Crippen molar-refractivity contribution in [3.63, 3.8) is 0 Å². The highest BCUT2D eigenvalue weighted by molar-refractivity contribution is 6.06. The Morgan fingerprint density at radius 2 is 1.88 bits per heavy atom. The van der Waals surface area contributed by atoms with Gasteiger partial charge in [0.15, 0.2) is 0 Å². The third kappa shape index (κ3) is 4.85. The summed E-state index contributed by atoms with van der Waals surface area (Å²) >= 11 is 0. The Hall–Kier alpha value is -3.00. The Morgan fingerprint density at radius 1 is 1.18 bits per heavy atom. The number of piperazine rings is 1. The molecular formula is C25H31FN4O3. The molecule has 1 aromatic heterocycles. The molecule has 0 radical (unpaired) electrons. The lowest BCUT2D eigenvalue weighted by atomic mass is 9.82. The molecule has 0 atom stereocenters. The van der Waals surface area contributed by atoms with Crippen LogP contribution >= 0.6 is 0 Å². The van der Waals surface area contributed by atoms with Crippen LogP contribution in [-0.4, -0.2) is 58.6 Å². The molecule has 1 saturated heterocycles. The second kappa shape index (κ2) is 8.41. The summed E-state index contributed by atoms with van der Waals surface area (Å²) in [6.07, 6.45) is 1.34. The van der Waals surface area contributed by atoms with Gasteiger partial charge in [-0.2, -0.15) is 0 Å². The average Bonchev–Trinajstić information content (AvgIpc) is 2.95. The standard InChI is InChI=1S/C25H31FN4O3/c1-24(2,3)33-23(32)30-10-8-29(9-11-30)15-16-12-17(14-18(26)13-16)19-6-7-27-21-20(19)25(4,5)22(31)28-21/h6-7,12-14H,8-11,15H2,1-5H3,(H,27,28,31). The number of ether oxygens (including phenoxy) is 1. The number of rotatable bonds is 3. The maximum Gasteiger partial charge on any atom is 0.410 e. The minimum Gasteiger partial charge on any atom is -0.444 e. The van der Waals surface area contributed by atoms with E-state index in [9.17, 15) is 14.0 Å². The van der Waals surface area contributed by atoms with E-state index in [1.165, 1.54) is 6.07 Å². The first kappa shape index (κ1) is 23.2. The van der Waals surface area contributed by atoms with Gasteiger partial charge in [0.05, 0.1) is 5.41 Å². The smallest absolute Gasteiger partial charge is 0.410 e. The first-order valence-electron chi connectivity index (χ1n) is 11.2. The summed E-state index contributed by atoms with van der Waals surface area (Å²) < 4.78 is 20.1. The lowest BCUT2D eigenvalue weighted by Crippen LogP contribution is -2.49. The van der Waals surface area contributed by atoms with Crippen molar-refractivity contribution in [1.29, 1.82) is 0 Å². The van der Waals surface area contributed by atoms with E-state index in [-0.39, 0.29) is 17.8 Å². The number of aromatic nitrogens is 1. The topological polar surface area (TPSA) is 74.8 Å². The van der Waals surface area contributed by atoms with Crippen molar-refractivity contribution in [3.05, 3.63) is 47.4 Å². The summed E-state index contributed by atoms with van der Waals surface area (Å²) in [4.78, 5) is 32.9. The van der Waals surface area contributed by atoms with Gasteiger partial charge in [-0.3, -0.25) is 9.69 Å². The zero-order valence-corrected chi connectivity index (χ0v) is 19.9. The highest BCUT2D eigenvalue weighted by Crippen LogP contribution is 2.42. The molecule has 1 fully saturated rings. The van der Waals surface area contributed by atoms with E-state index >= 15 is 0 Å². The Kier molecular flexibility index (Phi) is 5.90. The van der Waals surface area contributed by atoms with Crippen molar-refractivity contribution in [2.24, 2.45) is 0 Å². The number of nitrogens with one attached hydrogen (secondary N) is 1. The van der Waals surface area contributed by atoms with Crippen LogP contribution in [0.5, 0.6) is 0 Å². The van der Waals surface area contributed by atoms with Crippen LogP contribution in [0.4, 0.5) is 15.0 Å². The summed E-state index contributed by atoms with van der Waals surface area (Å²) in [6, 6.07) is 6.84. The Balaban J connectivity index is 1.50. The maximum absolute atomic E-state index is 14.6. The summed E-state index contributed by atoms with van der Waals surface area (Å²) in [5, 5.41) is 2.83. The van der Waals surface area contributed by atoms with E-state index in [1.807, 2.05) is 46.8 Å². The van der Waals surface area contributed by atoms with E-state index in [0.29, 0.717) is 38.5 Å². The predicted octanol–water partition coefficient (Wildman–Crippen LogP) is 4.17. The van der Waals surface area contributed by atoms with Crippen LogP contribution in [0.2, 0.25) is 0 Å². The van der Waals surface area contributed by atoms with Crippen molar-refractivity contribution >= 4 is 17.8 Å². The number of fused-ring (bicyclic) bond motifs is 1. The van der Waals surface area contributed by atoms with Crippen LogP contribution in [0.3, 0.4) is 0 Å². The highest BCUT2D eigenvalue weighted by atomic mass is 19.1. The molecule has 0 aliphatic carbocycles. The molecular weight excluding hydrogens is 423 g/mol. The van der Waals surface area contributed by atoms with Crippen molar-refractivity contribution in [2.75, 3.05) is 31.5 Å². The molecule has 1 N–H and O–H groups in total. The Bertz CT molecular complexity index is 1090. The van der Waals surface area contributed by atoms with E-state index in [1.54, 1.807) is 17.2 Å². The van der Waals surface area contributed by atoms with Gasteiger partial charge in [0.2, 0.25) is 5.91 Å². The summed E-state index contributed by atoms with van der Waals surface area (Å²) in [7, 11) is 0. The molecule has 1 aromatic carbocycles. The monoisotopic (exact) mass is 454 g/mol. The van der Waals surface area contributed by atoms with Gasteiger partial charge in [-0.25, -0.2) is 14.2 Å². The lowest BCUT2D eigenvalue weighted by molar-refractivity contribution is -0.119. The molecule has 2 amide bonds. The van der Waals surface area contributed by atoms with Crippen molar-refractivity contribution in [1.82, 2.24) is 14.8 Å². The van der Waals surface area contributed by atoms with Gasteiger partial charge in [0.1, 0.15) is 17.2 Å². The fraction of sp³-hybridized carbons (Fsp3) is 0.480. The van der Waals surface area contributed by atoms with Gasteiger partial charge in [0, 0.05) is 44.5 Å². The second-order valence-electron chi connectivity index (χ2n) is 10.3. The Morgan fingerprint density at radius 3 is 2.55 bits per heavy atom. The first-order chi connectivity index (χ1) is 15.4. The number of halogens is 1. The summed E-state index contributed by atoms with van der Waals surface area (Å²) in [5.74, 6) is 0.0963. The van der Waals surface area contributed by atoms with Crippen LogP contribution in [0.15, 0.2) is 30.5 Å². The molecule has 0 saturated carbocycles. The van der Waals surface area contributed by atoms with Crippen LogP contribution in [0, 0.1) is 5.82 Å². The number of anilines is 1. The normalized spacial score (nSPS) is 18.1. The van der Waals surface area contributed by atoms with Gasteiger partial charge in [-0.1, -0.05) is 0 Å². The number of pyridine rings is 1. The molecule has 0 bridgehead atoms. The van der Waals surface area contributed by atoms with Crippen molar-refractivity contribution in [3.8, 4) is 11.1 Å². The number of benzene rings is 1. The quantitative estimate of drug-likeness (QED) is 0.754. The van der Waals surface area contributed by atoms with E-state index in [4.69, 9.17) is 4.74 Å². The number of amides is 2. The van der Waals surface area contributed by atoms with Crippen LogP contribution in [-0.2, 0) is 21.5 Å². The lowest BCUT2D eigenvalue weighted by Gasteiger charge is -2.35. The molecule has 176 valence electrons. The minimum absolute atomic E-state index is 0.114. The molecule has 33 heavy (non-hydrogen) atoms. The summed E-state index contributed by atoms with van der Waals surface area (Å²) in [6.45, 7) is 12.3. The number of hydrogen-bond donors (Lipinski definition) is 1. The van der Waals surface area contributed by atoms with E-state index in [0.717, 1.165) is 22.3 Å². The van der Waals surface area contributed by atoms with Gasteiger partial charge >= 0.3 is 6.09 Å². The largest absolute Gasteiger partial charge is 0.444 e. The van der Waals surface area contributed by atoms with E-state index < -0.39 is 11.0 Å².